The Hall–Kier alpha value is -2.24. The zero-order chi connectivity index (χ0) is 20.5. The molecule has 0 bridgehead atoms. The molecule has 0 aliphatic heterocycles. The van der Waals surface area contributed by atoms with Gasteiger partial charge in [-0.2, -0.15) is 5.26 Å². The van der Waals surface area contributed by atoms with Crippen LogP contribution in [0.5, 0.6) is 11.5 Å². The Morgan fingerprint density at radius 2 is 1.86 bits per heavy atom. The number of hydrogen-bond donors (Lipinski definition) is 1. The van der Waals surface area contributed by atoms with Crippen molar-refractivity contribution in [3.63, 3.8) is 0 Å². The van der Waals surface area contributed by atoms with Crippen LogP contribution in [-0.4, -0.2) is 19.1 Å². The van der Waals surface area contributed by atoms with Gasteiger partial charge in [-0.1, -0.05) is 5.92 Å². The number of ether oxygens (including phenoxy) is 2. The van der Waals surface area contributed by atoms with Crippen molar-refractivity contribution in [2.45, 2.75) is 6.92 Å². The molecule has 142 valence electrons. The largest absolute Gasteiger partial charge is 0.494 e. The zero-order valence-electron chi connectivity index (χ0n) is 15.0. The molecule has 0 heterocycles. The van der Waals surface area contributed by atoms with Crippen LogP contribution in [0.25, 0.3) is 6.08 Å². The monoisotopic (exact) mass is 598 g/mol. The minimum Gasteiger partial charge on any atom is -0.494 e. The number of anilines is 1. The predicted molar refractivity (Wildman–Crippen MR) is 126 cm³/mol. The molecule has 0 saturated heterocycles. The molecule has 0 fully saturated rings. The first kappa shape index (κ1) is 22.1. The third-order valence-corrected chi connectivity index (χ3v) is 5.02. The summed E-state index contributed by atoms with van der Waals surface area (Å²) in [5, 5.41) is 12.1. The summed E-state index contributed by atoms with van der Waals surface area (Å²) in [4.78, 5) is 12.5. The van der Waals surface area contributed by atoms with E-state index in [-0.39, 0.29) is 12.2 Å². The van der Waals surface area contributed by atoms with E-state index >= 15 is 0 Å². The highest BCUT2D eigenvalue weighted by Gasteiger charge is 2.12. The summed E-state index contributed by atoms with van der Waals surface area (Å²) in [6.07, 6.45) is 6.77. The van der Waals surface area contributed by atoms with E-state index in [1.165, 1.54) is 0 Å². The van der Waals surface area contributed by atoms with Gasteiger partial charge in [0.05, 0.1) is 13.7 Å². The van der Waals surface area contributed by atoms with Gasteiger partial charge in [0, 0.05) is 5.69 Å². The highest BCUT2D eigenvalue weighted by atomic mass is 127. The van der Waals surface area contributed by atoms with Gasteiger partial charge < -0.3 is 14.8 Å². The zero-order valence-corrected chi connectivity index (χ0v) is 19.3. The van der Waals surface area contributed by atoms with Gasteiger partial charge in [-0.3, -0.25) is 4.79 Å². The molecule has 0 unspecified atom stereocenters. The van der Waals surface area contributed by atoms with E-state index in [1.807, 2.05) is 25.1 Å². The van der Waals surface area contributed by atoms with Crippen LogP contribution in [0.3, 0.4) is 0 Å². The molecule has 0 aliphatic rings. The van der Waals surface area contributed by atoms with Crippen molar-refractivity contribution in [1.29, 1.82) is 5.26 Å². The maximum Gasteiger partial charge on any atom is 0.266 e. The number of carbonyl (C=O) groups excluding carboxylic acids is 1. The van der Waals surface area contributed by atoms with E-state index in [0.29, 0.717) is 23.8 Å². The maximum absolute atomic E-state index is 12.5. The Balaban J connectivity index is 2.19. The number of nitriles is 1. The normalized spacial score (nSPS) is 10.5. The number of amides is 1. The molecule has 0 aromatic heterocycles. The first-order valence-corrected chi connectivity index (χ1v) is 10.4. The third-order valence-electron chi connectivity index (χ3n) is 3.42. The molecule has 2 aromatic rings. The fraction of sp³-hybridized carbons (Fsp3) is 0.143. The summed E-state index contributed by atoms with van der Waals surface area (Å²) in [7, 11) is 0. The second kappa shape index (κ2) is 10.9. The van der Waals surface area contributed by atoms with Crippen LogP contribution in [0.15, 0.2) is 42.0 Å². The van der Waals surface area contributed by atoms with Gasteiger partial charge in [0.2, 0.25) is 0 Å². The van der Waals surface area contributed by atoms with Crippen molar-refractivity contribution >= 4 is 62.9 Å². The highest BCUT2D eigenvalue weighted by Crippen LogP contribution is 2.30. The second-order valence-corrected chi connectivity index (χ2v) is 7.71. The standard InChI is InChI=1S/C21H16I2N2O3/c1-3-9-28-20-18(22)11-14(12-19(20)23)10-15(13-24)21(26)25-16-5-7-17(8-6-16)27-4-2/h1,5-8,10-12H,4,9H2,2H3,(H,25,26)/b15-10-. The minimum absolute atomic E-state index is 0.00206. The SMILES string of the molecule is C#CCOc1c(I)cc(/C=C(/C#N)C(=O)Nc2ccc(OCC)cc2)cc1I. The molecule has 0 aliphatic carbocycles. The predicted octanol–water partition coefficient (Wildman–Crippen LogP) is 4.85. The Bertz CT molecular complexity index is 948. The number of carbonyl (C=O) groups is 1. The van der Waals surface area contributed by atoms with Crippen molar-refractivity contribution < 1.29 is 14.3 Å². The van der Waals surface area contributed by atoms with E-state index < -0.39 is 5.91 Å². The summed E-state index contributed by atoms with van der Waals surface area (Å²) in [6.45, 7) is 2.64. The molecular formula is C21H16I2N2O3. The molecule has 0 atom stereocenters. The lowest BCUT2D eigenvalue weighted by atomic mass is 10.1. The molecular weight excluding hydrogens is 582 g/mol. The minimum atomic E-state index is -0.482. The van der Waals surface area contributed by atoms with E-state index in [2.05, 4.69) is 56.4 Å². The van der Waals surface area contributed by atoms with Crippen molar-refractivity contribution in [2.24, 2.45) is 0 Å². The summed E-state index contributed by atoms with van der Waals surface area (Å²) in [6, 6.07) is 12.6. The van der Waals surface area contributed by atoms with Crippen molar-refractivity contribution in [3.8, 4) is 29.9 Å². The third kappa shape index (κ3) is 6.14. The first-order valence-electron chi connectivity index (χ1n) is 8.19. The van der Waals surface area contributed by atoms with Crippen LogP contribution in [0.1, 0.15) is 12.5 Å². The molecule has 0 saturated carbocycles. The van der Waals surface area contributed by atoms with Crippen LogP contribution < -0.4 is 14.8 Å². The van der Waals surface area contributed by atoms with E-state index in [9.17, 15) is 10.1 Å². The summed E-state index contributed by atoms with van der Waals surface area (Å²) in [5.41, 5.74) is 1.30. The van der Waals surface area contributed by atoms with Gasteiger partial charge >= 0.3 is 0 Å². The number of nitrogens with zero attached hydrogens (tertiary/aromatic N) is 1. The Morgan fingerprint density at radius 3 is 2.39 bits per heavy atom. The number of halogens is 2. The lowest BCUT2D eigenvalue weighted by Crippen LogP contribution is -2.13. The lowest BCUT2D eigenvalue weighted by molar-refractivity contribution is -0.112. The van der Waals surface area contributed by atoms with Crippen molar-refractivity contribution in [1.82, 2.24) is 0 Å². The molecule has 7 heteroatoms. The molecule has 0 radical (unpaired) electrons. The quantitative estimate of drug-likeness (QED) is 0.214. The number of rotatable bonds is 7. The molecule has 1 amide bonds. The molecule has 1 N–H and O–H groups in total. The fourth-order valence-corrected chi connectivity index (χ4v) is 4.36. The van der Waals surface area contributed by atoms with Crippen LogP contribution in [0.4, 0.5) is 5.69 Å². The fourth-order valence-electron chi connectivity index (χ4n) is 2.23. The van der Waals surface area contributed by atoms with E-state index in [4.69, 9.17) is 15.9 Å². The van der Waals surface area contributed by atoms with E-state index in [1.54, 1.807) is 30.3 Å². The Morgan fingerprint density at radius 1 is 1.21 bits per heavy atom. The molecule has 2 aromatic carbocycles. The van der Waals surface area contributed by atoms with Gasteiger partial charge in [0.25, 0.3) is 5.91 Å². The van der Waals surface area contributed by atoms with Gasteiger partial charge in [0.1, 0.15) is 29.7 Å². The number of terminal acetylenes is 1. The Kier molecular flexibility index (Phi) is 8.61. The topological polar surface area (TPSA) is 71.3 Å². The summed E-state index contributed by atoms with van der Waals surface area (Å²) in [5.74, 6) is 3.35. The van der Waals surface area contributed by atoms with Gasteiger partial charge in [-0.05, 0) is 100 Å². The van der Waals surface area contributed by atoms with Crippen LogP contribution in [0, 0.1) is 30.8 Å². The van der Waals surface area contributed by atoms with Crippen LogP contribution in [0.2, 0.25) is 0 Å². The molecule has 0 spiro atoms. The van der Waals surface area contributed by atoms with Gasteiger partial charge in [0.15, 0.2) is 0 Å². The number of hydrogen-bond acceptors (Lipinski definition) is 4. The van der Waals surface area contributed by atoms with Crippen molar-refractivity contribution in [3.05, 3.63) is 54.7 Å². The summed E-state index contributed by atoms with van der Waals surface area (Å²) < 4.78 is 12.6. The van der Waals surface area contributed by atoms with Gasteiger partial charge in [-0.25, -0.2) is 0 Å². The molecule has 2 rings (SSSR count). The smallest absolute Gasteiger partial charge is 0.266 e. The number of nitrogens with one attached hydrogen (secondary N) is 1. The average molecular weight is 598 g/mol. The lowest BCUT2D eigenvalue weighted by Gasteiger charge is -2.10. The highest BCUT2D eigenvalue weighted by molar-refractivity contribution is 14.1. The van der Waals surface area contributed by atoms with Crippen LogP contribution >= 0.6 is 45.2 Å². The van der Waals surface area contributed by atoms with E-state index in [0.717, 1.165) is 12.7 Å². The molecule has 5 nitrogen and oxygen atoms in total. The Labute approximate surface area is 191 Å². The molecule has 28 heavy (non-hydrogen) atoms. The maximum atomic E-state index is 12.5. The summed E-state index contributed by atoms with van der Waals surface area (Å²) >= 11 is 4.27. The van der Waals surface area contributed by atoms with Gasteiger partial charge in [-0.15, -0.1) is 6.42 Å². The second-order valence-electron chi connectivity index (χ2n) is 5.39. The van der Waals surface area contributed by atoms with Crippen LogP contribution in [-0.2, 0) is 4.79 Å². The first-order chi connectivity index (χ1) is 13.5. The van der Waals surface area contributed by atoms with Crippen molar-refractivity contribution in [2.75, 3.05) is 18.5 Å². The number of benzene rings is 2. The average Bonchev–Trinajstić information content (AvgIpc) is 2.67.